The molecule has 0 saturated carbocycles. The maximum absolute atomic E-state index is 5.18. The van der Waals surface area contributed by atoms with Crippen LogP contribution in [0.1, 0.15) is 11.7 Å². The first-order valence-electron chi connectivity index (χ1n) is 2.87. The van der Waals surface area contributed by atoms with Crippen LogP contribution in [0.3, 0.4) is 0 Å². The number of hydrogen-bond acceptors (Lipinski definition) is 3. The highest BCUT2D eigenvalue weighted by Crippen LogP contribution is 2.03. The van der Waals surface area contributed by atoms with Gasteiger partial charge in [0, 0.05) is 0 Å². The van der Waals surface area contributed by atoms with Gasteiger partial charge in [-0.2, -0.15) is 15.4 Å². The number of nitrogens with one attached hydrogen (secondary N) is 2. The predicted octanol–water partition coefficient (Wildman–Crippen LogP) is -0.302. The van der Waals surface area contributed by atoms with Crippen LogP contribution >= 0.6 is 0 Å². The summed E-state index contributed by atoms with van der Waals surface area (Å²) >= 11 is 0. The van der Waals surface area contributed by atoms with E-state index in [0.29, 0.717) is 0 Å². The van der Waals surface area contributed by atoms with E-state index in [1.54, 1.807) is 13.2 Å². The molecule has 1 atom stereocenters. The van der Waals surface area contributed by atoms with Crippen LogP contribution in [0, 0.1) is 12.3 Å². The van der Waals surface area contributed by atoms with E-state index in [1.165, 1.54) is 0 Å². The lowest BCUT2D eigenvalue weighted by Gasteiger charge is -2.02. The second kappa shape index (κ2) is 2.99. The molecule has 2 N–H and O–H groups in total. The molecule has 4 nitrogen and oxygen atoms in total. The number of aromatic nitrogens is 3. The van der Waals surface area contributed by atoms with Crippen molar-refractivity contribution in [2.45, 2.75) is 6.04 Å². The lowest BCUT2D eigenvalue weighted by atomic mass is 10.2. The molecule has 1 aromatic heterocycles. The van der Waals surface area contributed by atoms with Crippen LogP contribution in [0.15, 0.2) is 6.20 Å². The first-order valence-corrected chi connectivity index (χ1v) is 2.87. The molecule has 1 aromatic rings. The summed E-state index contributed by atoms with van der Waals surface area (Å²) in [6.07, 6.45) is 6.78. The van der Waals surface area contributed by atoms with Crippen molar-refractivity contribution in [3.05, 3.63) is 11.9 Å². The van der Waals surface area contributed by atoms with E-state index < -0.39 is 0 Å². The van der Waals surface area contributed by atoms with Crippen LogP contribution in [0.4, 0.5) is 0 Å². The Balaban J connectivity index is 2.76. The molecule has 0 radical (unpaired) electrons. The average molecular weight is 136 g/mol. The van der Waals surface area contributed by atoms with E-state index in [0.717, 1.165) is 5.69 Å². The Labute approximate surface area is 59.0 Å². The molecule has 0 aromatic carbocycles. The lowest BCUT2D eigenvalue weighted by molar-refractivity contribution is 0.708. The van der Waals surface area contributed by atoms with Crippen molar-refractivity contribution in [3.8, 4) is 12.3 Å². The minimum absolute atomic E-state index is 0.140. The molecule has 1 unspecified atom stereocenters. The highest BCUT2D eigenvalue weighted by atomic mass is 15.3. The quantitative estimate of drug-likeness (QED) is 0.549. The predicted molar refractivity (Wildman–Crippen MR) is 37.0 cm³/mol. The van der Waals surface area contributed by atoms with Gasteiger partial charge in [-0.1, -0.05) is 5.92 Å². The Morgan fingerprint density at radius 1 is 1.90 bits per heavy atom. The van der Waals surface area contributed by atoms with Crippen molar-refractivity contribution in [2.75, 3.05) is 7.05 Å². The third-order valence-electron chi connectivity index (χ3n) is 1.18. The van der Waals surface area contributed by atoms with Gasteiger partial charge in [0.1, 0.15) is 11.7 Å². The number of aromatic amines is 1. The zero-order valence-corrected chi connectivity index (χ0v) is 5.63. The standard InChI is InChI=1S/C6H8N4/c1-3-5(7-2)6-4-8-10-9-6/h1,4-5,7H,2H3,(H,8,9,10). The van der Waals surface area contributed by atoms with Gasteiger partial charge in [0.25, 0.3) is 0 Å². The van der Waals surface area contributed by atoms with Gasteiger partial charge in [-0.15, -0.1) is 6.42 Å². The summed E-state index contributed by atoms with van der Waals surface area (Å²) in [4.78, 5) is 0. The largest absolute Gasteiger partial charge is 0.302 e. The third kappa shape index (κ3) is 1.14. The van der Waals surface area contributed by atoms with Crippen molar-refractivity contribution in [3.63, 3.8) is 0 Å². The highest BCUT2D eigenvalue weighted by Gasteiger charge is 2.06. The van der Waals surface area contributed by atoms with Crippen LogP contribution in [0.5, 0.6) is 0 Å². The smallest absolute Gasteiger partial charge is 0.115 e. The van der Waals surface area contributed by atoms with Crippen LogP contribution in [0.25, 0.3) is 0 Å². The van der Waals surface area contributed by atoms with E-state index in [2.05, 4.69) is 26.6 Å². The van der Waals surface area contributed by atoms with Gasteiger partial charge in [-0.05, 0) is 7.05 Å². The Bertz CT molecular complexity index is 220. The molecular weight excluding hydrogens is 128 g/mol. The van der Waals surface area contributed by atoms with Crippen molar-refractivity contribution < 1.29 is 0 Å². The van der Waals surface area contributed by atoms with Gasteiger partial charge in [-0.25, -0.2) is 0 Å². The molecule has 4 heteroatoms. The summed E-state index contributed by atoms with van der Waals surface area (Å²) in [6, 6.07) is -0.140. The van der Waals surface area contributed by atoms with Gasteiger partial charge in [0.2, 0.25) is 0 Å². The minimum atomic E-state index is -0.140. The molecule has 0 aliphatic carbocycles. The second-order valence-corrected chi connectivity index (χ2v) is 1.78. The first kappa shape index (κ1) is 6.78. The number of nitrogens with zero attached hydrogens (tertiary/aromatic N) is 2. The number of terminal acetylenes is 1. The number of H-pyrrole nitrogens is 1. The summed E-state index contributed by atoms with van der Waals surface area (Å²) in [5.74, 6) is 2.52. The van der Waals surface area contributed by atoms with E-state index in [9.17, 15) is 0 Å². The molecule has 10 heavy (non-hydrogen) atoms. The van der Waals surface area contributed by atoms with Crippen LogP contribution < -0.4 is 5.32 Å². The normalized spacial score (nSPS) is 12.4. The van der Waals surface area contributed by atoms with Crippen molar-refractivity contribution in [1.82, 2.24) is 20.7 Å². The molecule has 0 aliphatic rings. The molecule has 0 amide bonds. The topological polar surface area (TPSA) is 53.6 Å². The molecule has 1 heterocycles. The Morgan fingerprint density at radius 2 is 2.70 bits per heavy atom. The Kier molecular flexibility index (Phi) is 2.03. The molecule has 0 aliphatic heterocycles. The van der Waals surface area contributed by atoms with Gasteiger partial charge < -0.3 is 5.32 Å². The average Bonchev–Trinajstić information content (AvgIpc) is 2.43. The Hall–Kier alpha value is -1.34. The van der Waals surface area contributed by atoms with Crippen LogP contribution in [-0.4, -0.2) is 22.5 Å². The van der Waals surface area contributed by atoms with Crippen LogP contribution in [-0.2, 0) is 0 Å². The highest BCUT2D eigenvalue weighted by molar-refractivity contribution is 5.13. The summed E-state index contributed by atoms with van der Waals surface area (Å²) in [6.45, 7) is 0. The molecule has 52 valence electrons. The van der Waals surface area contributed by atoms with E-state index in [-0.39, 0.29) is 6.04 Å². The van der Waals surface area contributed by atoms with Gasteiger partial charge in [-0.3, -0.25) is 0 Å². The maximum Gasteiger partial charge on any atom is 0.115 e. The second-order valence-electron chi connectivity index (χ2n) is 1.78. The zero-order chi connectivity index (χ0) is 7.40. The fourth-order valence-corrected chi connectivity index (χ4v) is 0.666. The molecule has 0 spiro atoms. The minimum Gasteiger partial charge on any atom is -0.302 e. The van der Waals surface area contributed by atoms with Gasteiger partial charge in [0.15, 0.2) is 0 Å². The first-order chi connectivity index (χ1) is 4.88. The summed E-state index contributed by atoms with van der Waals surface area (Å²) in [5, 5.41) is 12.8. The third-order valence-corrected chi connectivity index (χ3v) is 1.18. The van der Waals surface area contributed by atoms with Crippen molar-refractivity contribution in [1.29, 1.82) is 0 Å². The van der Waals surface area contributed by atoms with Crippen molar-refractivity contribution >= 4 is 0 Å². The van der Waals surface area contributed by atoms with E-state index in [1.807, 2.05) is 0 Å². The molecular formula is C6H8N4. The molecule has 1 rings (SSSR count). The number of hydrogen-bond donors (Lipinski definition) is 2. The van der Waals surface area contributed by atoms with Crippen LogP contribution in [0.2, 0.25) is 0 Å². The summed E-state index contributed by atoms with van der Waals surface area (Å²) in [5.41, 5.74) is 0.741. The Morgan fingerprint density at radius 3 is 3.10 bits per heavy atom. The number of rotatable bonds is 2. The lowest BCUT2D eigenvalue weighted by Crippen LogP contribution is -2.14. The summed E-state index contributed by atoms with van der Waals surface area (Å²) < 4.78 is 0. The monoisotopic (exact) mass is 136 g/mol. The maximum atomic E-state index is 5.18. The summed E-state index contributed by atoms with van der Waals surface area (Å²) in [7, 11) is 1.78. The van der Waals surface area contributed by atoms with Gasteiger partial charge >= 0.3 is 0 Å². The fourth-order valence-electron chi connectivity index (χ4n) is 0.666. The fraction of sp³-hybridized carbons (Fsp3) is 0.333. The van der Waals surface area contributed by atoms with E-state index >= 15 is 0 Å². The molecule has 0 fully saturated rings. The SMILES string of the molecule is C#CC(NC)c1cn[nH]n1. The van der Waals surface area contributed by atoms with Crippen molar-refractivity contribution in [2.24, 2.45) is 0 Å². The van der Waals surface area contributed by atoms with E-state index in [4.69, 9.17) is 6.42 Å². The molecule has 0 saturated heterocycles. The van der Waals surface area contributed by atoms with Gasteiger partial charge in [0.05, 0.1) is 6.20 Å². The zero-order valence-electron chi connectivity index (χ0n) is 5.63. The molecule has 0 bridgehead atoms.